The van der Waals surface area contributed by atoms with E-state index < -0.39 is 23.2 Å². The Kier molecular flexibility index (Phi) is 3.72. The molecule has 1 aliphatic rings. The lowest BCUT2D eigenvalue weighted by Crippen LogP contribution is -2.41. The van der Waals surface area contributed by atoms with Crippen LogP contribution < -0.4 is 5.73 Å². The van der Waals surface area contributed by atoms with Gasteiger partial charge in [0.2, 0.25) is 0 Å². The highest BCUT2D eigenvalue weighted by molar-refractivity contribution is 7.95. The molecule has 0 radical (unpaired) electrons. The first kappa shape index (κ1) is 14.8. The van der Waals surface area contributed by atoms with Crippen molar-refractivity contribution in [3.63, 3.8) is 0 Å². The van der Waals surface area contributed by atoms with Crippen LogP contribution in [-0.4, -0.2) is 52.4 Å². The van der Waals surface area contributed by atoms with Crippen LogP contribution in [0, 0.1) is 0 Å². The van der Waals surface area contributed by atoms with Gasteiger partial charge in [-0.1, -0.05) is 0 Å². The number of nitrogen functional groups attached to an aromatic ring is 1. The molecule has 0 bridgehead atoms. The monoisotopic (exact) mass is 332 g/mol. The Bertz CT molecular complexity index is 665. The molecule has 1 aliphatic heterocycles. The summed E-state index contributed by atoms with van der Waals surface area (Å²) in [6.45, 7) is 0. The Balaban J connectivity index is 2.06. The second-order valence-electron chi connectivity index (χ2n) is 4.71. The van der Waals surface area contributed by atoms with Crippen LogP contribution >= 0.6 is 23.6 Å². The number of hydrogen-bond acceptors (Lipinski definition) is 8. The van der Waals surface area contributed by atoms with Crippen LogP contribution in [0.4, 0.5) is 5.82 Å². The summed E-state index contributed by atoms with van der Waals surface area (Å²) in [5, 5.41) is 24.4. The van der Waals surface area contributed by atoms with Crippen molar-refractivity contribution in [1.29, 1.82) is 0 Å². The molecule has 114 valence electrons. The summed E-state index contributed by atoms with van der Waals surface area (Å²) in [5.74, 6) is 0.0907. The maximum atomic E-state index is 10.2. The van der Waals surface area contributed by atoms with Gasteiger partial charge in [-0.15, -0.1) is 11.6 Å². The van der Waals surface area contributed by atoms with Crippen LogP contribution in [0.15, 0.2) is 18.5 Å². The van der Waals surface area contributed by atoms with Crippen molar-refractivity contribution >= 4 is 35.0 Å². The first-order chi connectivity index (χ1) is 10.0. The van der Waals surface area contributed by atoms with Crippen molar-refractivity contribution in [1.82, 2.24) is 14.6 Å². The SMILES string of the molecule is Nc1ncnn2c([C@@H]3O[C@](CCl)(SO)[C@@H](O)[C@H]3O)ccc12. The van der Waals surface area contributed by atoms with Crippen LogP contribution in [-0.2, 0) is 4.74 Å². The molecule has 3 rings (SSSR count). The maximum Gasteiger partial charge on any atom is 0.181 e. The fourth-order valence-electron chi connectivity index (χ4n) is 2.41. The Hall–Kier alpha value is -1.10. The molecule has 10 heteroatoms. The van der Waals surface area contributed by atoms with Gasteiger partial charge in [-0.05, 0) is 12.1 Å². The quantitative estimate of drug-likeness (QED) is 0.465. The zero-order valence-electron chi connectivity index (χ0n) is 10.6. The Morgan fingerprint density at radius 2 is 2.24 bits per heavy atom. The van der Waals surface area contributed by atoms with Gasteiger partial charge in [0.05, 0.1) is 11.6 Å². The molecule has 0 spiro atoms. The summed E-state index contributed by atoms with van der Waals surface area (Å²) in [6, 6.07) is 3.34. The molecule has 1 saturated heterocycles. The van der Waals surface area contributed by atoms with E-state index in [1.54, 1.807) is 12.1 Å². The predicted octanol–water partition coefficient (Wildman–Crippen LogP) is 0.246. The minimum Gasteiger partial charge on any atom is -0.387 e. The van der Waals surface area contributed by atoms with Gasteiger partial charge >= 0.3 is 0 Å². The topological polar surface area (TPSA) is 126 Å². The highest BCUT2D eigenvalue weighted by atomic mass is 35.5. The molecule has 4 atom stereocenters. The second kappa shape index (κ2) is 5.27. The molecule has 21 heavy (non-hydrogen) atoms. The first-order valence-electron chi connectivity index (χ1n) is 6.04. The largest absolute Gasteiger partial charge is 0.387 e. The average Bonchev–Trinajstić information content (AvgIpc) is 3.02. The van der Waals surface area contributed by atoms with E-state index in [9.17, 15) is 14.8 Å². The third-order valence-corrected chi connectivity index (χ3v) is 4.90. The number of aliphatic hydroxyl groups excluding tert-OH is 2. The van der Waals surface area contributed by atoms with Crippen LogP contribution in [0.25, 0.3) is 5.52 Å². The molecule has 3 heterocycles. The van der Waals surface area contributed by atoms with Crippen molar-refractivity contribution in [3.8, 4) is 0 Å². The minimum atomic E-state index is -1.49. The molecule has 1 fully saturated rings. The number of rotatable bonds is 3. The van der Waals surface area contributed by atoms with Crippen molar-refractivity contribution in [2.45, 2.75) is 23.2 Å². The summed E-state index contributed by atoms with van der Waals surface area (Å²) in [7, 11) is 0. The third kappa shape index (κ3) is 2.08. The van der Waals surface area contributed by atoms with Gasteiger partial charge in [-0.25, -0.2) is 9.50 Å². The summed E-state index contributed by atoms with van der Waals surface area (Å²) in [6.07, 6.45) is -2.24. The van der Waals surface area contributed by atoms with Gasteiger partial charge in [0, 0.05) is 12.0 Å². The molecule has 0 aliphatic carbocycles. The number of anilines is 1. The number of halogens is 1. The molecule has 0 aromatic carbocycles. The fourth-order valence-corrected chi connectivity index (χ4v) is 3.22. The van der Waals surface area contributed by atoms with Crippen molar-refractivity contribution in [2.75, 3.05) is 11.6 Å². The van der Waals surface area contributed by atoms with E-state index >= 15 is 0 Å². The third-order valence-electron chi connectivity index (χ3n) is 3.55. The maximum absolute atomic E-state index is 10.2. The Labute approximate surface area is 128 Å². The Morgan fingerprint density at radius 1 is 1.48 bits per heavy atom. The lowest BCUT2D eigenvalue weighted by atomic mass is 10.1. The van der Waals surface area contributed by atoms with Gasteiger partial charge in [0.15, 0.2) is 10.8 Å². The number of nitrogens with zero attached hydrogens (tertiary/aromatic N) is 3. The molecule has 0 unspecified atom stereocenters. The van der Waals surface area contributed by atoms with Gasteiger partial charge in [0.1, 0.15) is 30.2 Å². The van der Waals surface area contributed by atoms with E-state index in [1.165, 1.54) is 10.8 Å². The van der Waals surface area contributed by atoms with Gasteiger partial charge in [-0.2, -0.15) is 5.10 Å². The number of fused-ring (bicyclic) bond motifs is 1. The van der Waals surface area contributed by atoms with E-state index in [4.69, 9.17) is 22.1 Å². The zero-order valence-corrected chi connectivity index (χ0v) is 12.2. The van der Waals surface area contributed by atoms with Crippen LogP contribution in [0.1, 0.15) is 11.8 Å². The second-order valence-corrected chi connectivity index (χ2v) is 5.85. The summed E-state index contributed by atoms with van der Waals surface area (Å²) in [5.41, 5.74) is 6.78. The van der Waals surface area contributed by atoms with E-state index in [0.29, 0.717) is 11.2 Å². The van der Waals surface area contributed by atoms with Crippen molar-refractivity contribution in [2.24, 2.45) is 0 Å². The average molecular weight is 333 g/mol. The van der Waals surface area contributed by atoms with E-state index in [2.05, 4.69) is 10.1 Å². The number of alkyl halides is 1. The predicted molar refractivity (Wildman–Crippen MR) is 76.9 cm³/mol. The van der Waals surface area contributed by atoms with E-state index in [-0.39, 0.29) is 23.7 Å². The molecule has 2 aromatic rings. The van der Waals surface area contributed by atoms with Crippen molar-refractivity contribution < 1.29 is 19.5 Å². The molecular formula is C11H13ClN4O4S. The fraction of sp³-hybridized carbons (Fsp3) is 0.455. The first-order valence-corrected chi connectivity index (χ1v) is 7.35. The van der Waals surface area contributed by atoms with Crippen LogP contribution in [0.3, 0.4) is 0 Å². The summed E-state index contributed by atoms with van der Waals surface area (Å²) >= 11 is 6.04. The number of aliphatic hydroxyl groups is 2. The van der Waals surface area contributed by atoms with Crippen molar-refractivity contribution in [3.05, 3.63) is 24.2 Å². The van der Waals surface area contributed by atoms with Gasteiger partial charge in [-0.3, -0.25) is 0 Å². The standard InChI is InChI=1S/C11H13ClN4O4S/c12-3-11(21-19)9(18)7(17)8(20-11)5-1-2-6-10(13)14-4-15-16(5)6/h1-2,4,7-9,17-19H,3H2,(H2,13,14,15)/t7-,8-,9-,11+/m0/s1. The lowest BCUT2D eigenvalue weighted by Gasteiger charge is -2.25. The van der Waals surface area contributed by atoms with E-state index in [1.807, 2.05) is 0 Å². The molecule has 0 saturated carbocycles. The Morgan fingerprint density at radius 3 is 2.86 bits per heavy atom. The highest BCUT2D eigenvalue weighted by Crippen LogP contribution is 2.46. The van der Waals surface area contributed by atoms with Gasteiger partial charge in [0.25, 0.3) is 0 Å². The lowest BCUT2D eigenvalue weighted by molar-refractivity contribution is -0.00831. The summed E-state index contributed by atoms with van der Waals surface area (Å²) < 4.78 is 16.5. The summed E-state index contributed by atoms with van der Waals surface area (Å²) in [4.78, 5) is 2.38. The number of aromatic nitrogens is 3. The molecular weight excluding hydrogens is 320 g/mol. The smallest absolute Gasteiger partial charge is 0.181 e. The number of hydrogen-bond donors (Lipinski definition) is 4. The van der Waals surface area contributed by atoms with Gasteiger partial charge < -0.3 is 25.2 Å². The highest BCUT2D eigenvalue weighted by Gasteiger charge is 2.55. The molecule has 5 N–H and O–H groups in total. The van der Waals surface area contributed by atoms with Crippen LogP contribution in [0.5, 0.6) is 0 Å². The minimum absolute atomic E-state index is 0.191. The number of ether oxygens (including phenoxy) is 1. The number of nitrogens with two attached hydrogens (primary N) is 1. The molecule has 2 aromatic heterocycles. The van der Waals surface area contributed by atoms with Crippen LogP contribution in [0.2, 0.25) is 0 Å². The normalized spacial score (nSPS) is 32.9. The van der Waals surface area contributed by atoms with E-state index in [0.717, 1.165) is 0 Å². The molecule has 8 nitrogen and oxygen atoms in total. The zero-order chi connectivity index (χ0) is 15.2. The molecule has 0 amide bonds.